The third-order valence-electron chi connectivity index (χ3n) is 3.62. The van der Waals surface area contributed by atoms with E-state index < -0.39 is 0 Å². The van der Waals surface area contributed by atoms with E-state index in [0.717, 1.165) is 5.69 Å². The second-order valence-electron chi connectivity index (χ2n) is 6.26. The summed E-state index contributed by atoms with van der Waals surface area (Å²) >= 11 is 0. The van der Waals surface area contributed by atoms with Gasteiger partial charge in [0.2, 0.25) is 0 Å². The van der Waals surface area contributed by atoms with E-state index in [-0.39, 0.29) is 12.0 Å². The number of amides is 1. The Hall–Kier alpha value is -2.49. The third kappa shape index (κ3) is 4.51. The molecular formula is C20H25NO3. The van der Waals surface area contributed by atoms with Crippen molar-refractivity contribution in [2.24, 2.45) is 0 Å². The molecule has 0 aliphatic heterocycles. The lowest BCUT2D eigenvalue weighted by atomic mass is 10.0. The number of hydrogen-bond donors (Lipinski definition) is 1. The smallest absolute Gasteiger partial charge is 0.255 e. The molecule has 2 aromatic rings. The van der Waals surface area contributed by atoms with Gasteiger partial charge in [-0.1, -0.05) is 26.0 Å². The van der Waals surface area contributed by atoms with Crippen molar-refractivity contribution in [3.8, 4) is 11.5 Å². The van der Waals surface area contributed by atoms with Crippen LogP contribution in [0.25, 0.3) is 0 Å². The number of hydrogen-bond acceptors (Lipinski definition) is 3. The summed E-state index contributed by atoms with van der Waals surface area (Å²) in [5.41, 5.74) is 2.53. The van der Waals surface area contributed by atoms with Crippen molar-refractivity contribution in [1.29, 1.82) is 0 Å². The van der Waals surface area contributed by atoms with Crippen LogP contribution in [0, 0.1) is 0 Å². The van der Waals surface area contributed by atoms with Crippen LogP contribution in [0.5, 0.6) is 11.5 Å². The van der Waals surface area contributed by atoms with E-state index in [2.05, 4.69) is 19.2 Å². The summed E-state index contributed by atoms with van der Waals surface area (Å²) < 4.78 is 11.0. The molecule has 0 aromatic heterocycles. The molecule has 0 aliphatic carbocycles. The van der Waals surface area contributed by atoms with E-state index in [0.29, 0.717) is 23.0 Å². The maximum atomic E-state index is 12.4. The topological polar surface area (TPSA) is 47.6 Å². The van der Waals surface area contributed by atoms with Crippen LogP contribution in [0.4, 0.5) is 5.69 Å². The van der Waals surface area contributed by atoms with Gasteiger partial charge in [-0.25, -0.2) is 0 Å². The van der Waals surface area contributed by atoms with Gasteiger partial charge in [0.05, 0.1) is 13.2 Å². The Bertz CT molecular complexity index is 691. The molecule has 2 aromatic carbocycles. The molecule has 0 atom stereocenters. The highest BCUT2D eigenvalue weighted by Crippen LogP contribution is 2.29. The maximum absolute atomic E-state index is 12.4. The standard InChI is InChI=1S/C20H25NO3/c1-13(2)15-6-9-17(10-7-15)21-20(22)16-8-11-18(24-14(3)4)19(12-16)23-5/h6-14H,1-5H3,(H,21,22). The quantitative estimate of drug-likeness (QED) is 0.824. The van der Waals surface area contributed by atoms with Crippen LogP contribution < -0.4 is 14.8 Å². The fraction of sp³-hybridized carbons (Fsp3) is 0.350. The number of methoxy groups -OCH3 is 1. The van der Waals surface area contributed by atoms with Gasteiger partial charge in [0, 0.05) is 11.3 Å². The first-order valence-electron chi connectivity index (χ1n) is 8.16. The van der Waals surface area contributed by atoms with Crippen LogP contribution in [0.2, 0.25) is 0 Å². The number of ether oxygens (including phenoxy) is 2. The predicted molar refractivity (Wildman–Crippen MR) is 97.2 cm³/mol. The van der Waals surface area contributed by atoms with Gasteiger partial charge in [0.1, 0.15) is 0 Å². The molecule has 0 saturated heterocycles. The summed E-state index contributed by atoms with van der Waals surface area (Å²) in [4.78, 5) is 12.4. The summed E-state index contributed by atoms with van der Waals surface area (Å²) in [5.74, 6) is 1.46. The van der Waals surface area contributed by atoms with Crippen LogP contribution in [0.15, 0.2) is 42.5 Å². The average molecular weight is 327 g/mol. The Morgan fingerprint density at radius 3 is 2.17 bits per heavy atom. The van der Waals surface area contributed by atoms with Crippen molar-refractivity contribution in [3.05, 3.63) is 53.6 Å². The summed E-state index contributed by atoms with van der Waals surface area (Å²) in [5, 5.41) is 2.90. The van der Waals surface area contributed by atoms with Crippen LogP contribution >= 0.6 is 0 Å². The molecule has 0 spiro atoms. The van der Waals surface area contributed by atoms with Crippen molar-refractivity contribution in [3.63, 3.8) is 0 Å². The minimum Gasteiger partial charge on any atom is -0.493 e. The number of benzene rings is 2. The average Bonchev–Trinajstić information content (AvgIpc) is 2.55. The summed E-state index contributed by atoms with van der Waals surface area (Å²) in [6.07, 6.45) is 0.0399. The lowest BCUT2D eigenvalue weighted by molar-refractivity contribution is 0.102. The minimum absolute atomic E-state index is 0.0399. The van der Waals surface area contributed by atoms with E-state index in [4.69, 9.17) is 9.47 Å². The van der Waals surface area contributed by atoms with Crippen molar-refractivity contribution in [1.82, 2.24) is 0 Å². The Labute approximate surface area is 143 Å². The van der Waals surface area contributed by atoms with Crippen LogP contribution in [-0.2, 0) is 0 Å². The Morgan fingerprint density at radius 1 is 0.958 bits per heavy atom. The van der Waals surface area contributed by atoms with Gasteiger partial charge in [0.25, 0.3) is 5.91 Å². The zero-order chi connectivity index (χ0) is 17.7. The normalized spacial score (nSPS) is 10.8. The highest BCUT2D eigenvalue weighted by atomic mass is 16.5. The van der Waals surface area contributed by atoms with Gasteiger partial charge in [-0.05, 0) is 55.7 Å². The van der Waals surface area contributed by atoms with Gasteiger partial charge >= 0.3 is 0 Å². The highest BCUT2D eigenvalue weighted by molar-refractivity contribution is 6.04. The number of nitrogens with one attached hydrogen (secondary N) is 1. The van der Waals surface area contributed by atoms with Crippen LogP contribution in [0.3, 0.4) is 0 Å². The van der Waals surface area contributed by atoms with Gasteiger partial charge in [-0.3, -0.25) is 4.79 Å². The monoisotopic (exact) mass is 327 g/mol. The molecule has 0 saturated carbocycles. The second kappa shape index (κ2) is 7.86. The molecule has 0 unspecified atom stereocenters. The first kappa shape index (κ1) is 17.9. The van der Waals surface area contributed by atoms with Gasteiger partial charge < -0.3 is 14.8 Å². The Balaban J connectivity index is 2.14. The number of anilines is 1. The molecule has 4 nitrogen and oxygen atoms in total. The zero-order valence-corrected chi connectivity index (χ0v) is 14.9. The first-order valence-corrected chi connectivity index (χ1v) is 8.16. The molecule has 0 bridgehead atoms. The van der Waals surface area contributed by atoms with E-state index in [1.165, 1.54) is 5.56 Å². The maximum Gasteiger partial charge on any atom is 0.255 e. The molecule has 24 heavy (non-hydrogen) atoms. The fourth-order valence-corrected chi connectivity index (χ4v) is 2.31. The molecule has 1 amide bonds. The lowest BCUT2D eigenvalue weighted by Gasteiger charge is -2.14. The van der Waals surface area contributed by atoms with E-state index in [9.17, 15) is 4.79 Å². The largest absolute Gasteiger partial charge is 0.493 e. The highest BCUT2D eigenvalue weighted by Gasteiger charge is 2.12. The predicted octanol–water partition coefficient (Wildman–Crippen LogP) is 4.86. The summed E-state index contributed by atoms with van der Waals surface area (Å²) in [7, 11) is 1.56. The van der Waals surface area contributed by atoms with Gasteiger partial charge in [-0.15, -0.1) is 0 Å². The van der Waals surface area contributed by atoms with E-state index >= 15 is 0 Å². The van der Waals surface area contributed by atoms with Crippen molar-refractivity contribution >= 4 is 11.6 Å². The Morgan fingerprint density at radius 2 is 1.62 bits per heavy atom. The van der Waals surface area contributed by atoms with Crippen LogP contribution in [0.1, 0.15) is 49.5 Å². The van der Waals surface area contributed by atoms with Crippen molar-refractivity contribution in [2.75, 3.05) is 12.4 Å². The Kier molecular flexibility index (Phi) is 5.85. The van der Waals surface area contributed by atoms with E-state index in [1.807, 2.05) is 38.1 Å². The fourth-order valence-electron chi connectivity index (χ4n) is 2.31. The number of carbonyl (C=O) groups is 1. The third-order valence-corrected chi connectivity index (χ3v) is 3.62. The lowest BCUT2D eigenvalue weighted by Crippen LogP contribution is -2.13. The van der Waals surface area contributed by atoms with Crippen LogP contribution in [-0.4, -0.2) is 19.1 Å². The number of rotatable bonds is 6. The van der Waals surface area contributed by atoms with Crippen molar-refractivity contribution < 1.29 is 14.3 Å². The molecule has 0 heterocycles. The molecular weight excluding hydrogens is 302 g/mol. The van der Waals surface area contributed by atoms with E-state index in [1.54, 1.807) is 25.3 Å². The molecule has 0 fully saturated rings. The first-order chi connectivity index (χ1) is 11.4. The van der Waals surface area contributed by atoms with Gasteiger partial charge in [0.15, 0.2) is 11.5 Å². The zero-order valence-electron chi connectivity index (χ0n) is 14.9. The van der Waals surface area contributed by atoms with Crippen molar-refractivity contribution in [2.45, 2.75) is 39.7 Å². The summed E-state index contributed by atoms with van der Waals surface area (Å²) in [6.45, 7) is 8.17. The molecule has 1 N–H and O–H groups in total. The SMILES string of the molecule is COc1cc(C(=O)Nc2ccc(C(C)C)cc2)ccc1OC(C)C. The number of carbonyl (C=O) groups excluding carboxylic acids is 1. The minimum atomic E-state index is -0.179. The molecule has 0 radical (unpaired) electrons. The molecule has 2 rings (SSSR count). The molecule has 128 valence electrons. The van der Waals surface area contributed by atoms with Gasteiger partial charge in [-0.2, -0.15) is 0 Å². The molecule has 0 aliphatic rings. The molecule has 4 heteroatoms. The second-order valence-corrected chi connectivity index (χ2v) is 6.26. The summed E-state index contributed by atoms with van der Waals surface area (Å²) in [6, 6.07) is 13.1.